The van der Waals surface area contributed by atoms with E-state index in [1.165, 1.54) is 0 Å². The zero-order chi connectivity index (χ0) is 21.3. The molecule has 0 saturated carbocycles. The summed E-state index contributed by atoms with van der Waals surface area (Å²) in [5.41, 5.74) is 1.61. The van der Waals surface area contributed by atoms with Crippen molar-refractivity contribution in [1.82, 2.24) is 0 Å². The van der Waals surface area contributed by atoms with Crippen LogP contribution in [-0.4, -0.2) is 32.2 Å². The molecule has 2 unspecified atom stereocenters. The van der Waals surface area contributed by atoms with E-state index in [4.69, 9.17) is 18.9 Å². The maximum absolute atomic E-state index is 5.79. The summed E-state index contributed by atoms with van der Waals surface area (Å²) in [5, 5.41) is 13.3. The SMILES string of the molecule is c1cc2cc(OCC3CO3)ccc2cc1/N=N/c1ccc2cc(OC3CCO3)ccc2c1. The molecule has 4 aromatic rings. The molecule has 2 aliphatic rings. The number of fused-ring (bicyclic) bond motifs is 2. The summed E-state index contributed by atoms with van der Waals surface area (Å²) in [6.07, 6.45) is 1.08. The third-order valence-electron chi connectivity index (χ3n) is 5.63. The maximum atomic E-state index is 5.79. The molecule has 4 aromatic carbocycles. The van der Waals surface area contributed by atoms with Crippen molar-refractivity contribution in [3.8, 4) is 11.5 Å². The fourth-order valence-corrected chi connectivity index (χ4v) is 3.64. The quantitative estimate of drug-likeness (QED) is 0.257. The van der Waals surface area contributed by atoms with Gasteiger partial charge >= 0.3 is 0 Å². The summed E-state index contributed by atoms with van der Waals surface area (Å²) in [4.78, 5) is 0. The van der Waals surface area contributed by atoms with Crippen LogP contribution in [0.4, 0.5) is 11.4 Å². The van der Waals surface area contributed by atoms with Gasteiger partial charge in [0.25, 0.3) is 0 Å². The van der Waals surface area contributed by atoms with Crippen molar-refractivity contribution >= 4 is 32.9 Å². The van der Waals surface area contributed by atoms with Gasteiger partial charge in [-0.2, -0.15) is 10.2 Å². The van der Waals surface area contributed by atoms with Crippen molar-refractivity contribution in [1.29, 1.82) is 0 Å². The summed E-state index contributed by atoms with van der Waals surface area (Å²) in [6, 6.07) is 24.1. The number of hydrogen-bond donors (Lipinski definition) is 0. The lowest BCUT2D eigenvalue weighted by Gasteiger charge is -2.26. The third kappa shape index (κ3) is 4.28. The second-order valence-corrected chi connectivity index (χ2v) is 8.06. The Hall–Kier alpha value is -3.48. The lowest BCUT2D eigenvalue weighted by Crippen LogP contribution is -2.32. The number of epoxide rings is 1. The fourth-order valence-electron chi connectivity index (χ4n) is 3.64. The predicted molar refractivity (Wildman–Crippen MR) is 122 cm³/mol. The van der Waals surface area contributed by atoms with E-state index in [2.05, 4.69) is 10.2 Å². The standard InChI is InChI=1S/C26H22N2O4/c1-5-21(11-17-3-7-23(13-19(1)17)30-15-25-16-31-25)27-28-22-6-2-20-14-24(8-4-18(20)12-22)32-26-9-10-29-26/h1-8,11-14,25-26H,9-10,15-16H2/b28-27+. The first-order chi connectivity index (χ1) is 15.8. The zero-order valence-corrected chi connectivity index (χ0v) is 17.4. The van der Waals surface area contributed by atoms with E-state index in [-0.39, 0.29) is 12.4 Å². The predicted octanol–water partition coefficient (Wildman–Crippen LogP) is 6.31. The third-order valence-corrected chi connectivity index (χ3v) is 5.63. The maximum Gasteiger partial charge on any atom is 0.202 e. The topological polar surface area (TPSA) is 64.9 Å². The van der Waals surface area contributed by atoms with Gasteiger partial charge in [0, 0.05) is 6.42 Å². The van der Waals surface area contributed by atoms with Crippen LogP contribution in [0.2, 0.25) is 0 Å². The molecule has 0 spiro atoms. The molecule has 2 fully saturated rings. The molecule has 160 valence electrons. The summed E-state index contributed by atoms with van der Waals surface area (Å²) in [6.45, 7) is 2.17. The summed E-state index contributed by atoms with van der Waals surface area (Å²) >= 11 is 0. The van der Waals surface area contributed by atoms with Gasteiger partial charge in [-0.05, 0) is 70.1 Å². The lowest BCUT2D eigenvalue weighted by molar-refractivity contribution is -0.165. The lowest BCUT2D eigenvalue weighted by atomic mass is 10.1. The van der Waals surface area contributed by atoms with E-state index in [0.717, 1.165) is 64.1 Å². The molecule has 6 heteroatoms. The van der Waals surface area contributed by atoms with Gasteiger partial charge in [-0.3, -0.25) is 0 Å². The van der Waals surface area contributed by atoms with Gasteiger partial charge in [-0.1, -0.05) is 24.3 Å². The summed E-state index contributed by atoms with van der Waals surface area (Å²) < 4.78 is 22.1. The molecule has 0 amide bonds. The fraction of sp³-hybridized carbons (Fsp3) is 0.231. The van der Waals surface area contributed by atoms with Gasteiger partial charge in [0.2, 0.25) is 6.29 Å². The normalized spacial score (nSPS) is 19.9. The Kier molecular flexibility index (Phi) is 4.94. The largest absolute Gasteiger partial charge is 0.491 e. The minimum Gasteiger partial charge on any atom is -0.491 e. The Morgan fingerprint density at radius 3 is 1.88 bits per heavy atom. The highest BCUT2D eigenvalue weighted by Crippen LogP contribution is 2.30. The molecule has 0 bridgehead atoms. The summed E-state index contributed by atoms with van der Waals surface area (Å²) in [5.74, 6) is 1.68. The van der Waals surface area contributed by atoms with Crippen LogP contribution in [0, 0.1) is 0 Å². The highest BCUT2D eigenvalue weighted by atomic mass is 16.7. The number of azo groups is 1. The van der Waals surface area contributed by atoms with Crippen molar-refractivity contribution in [2.75, 3.05) is 19.8 Å². The molecule has 2 heterocycles. The number of ether oxygens (including phenoxy) is 4. The van der Waals surface area contributed by atoms with Crippen molar-refractivity contribution < 1.29 is 18.9 Å². The summed E-state index contributed by atoms with van der Waals surface area (Å²) in [7, 11) is 0. The van der Waals surface area contributed by atoms with Crippen molar-refractivity contribution in [3.63, 3.8) is 0 Å². The average Bonchev–Trinajstić information content (AvgIpc) is 3.63. The van der Waals surface area contributed by atoms with Gasteiger partial charge in [0.1, 0.15) is 24.2 Å². The highest BCUT2D eigenvalue weighted by molar-refractivity contribution is 5.87. The molecule has 6 nitrogen and oxygen atoms in total. The first-order valence-corrected chi connectivity index (χ1v) is 10.8. The Labute approximate surface area is 185 Å². The molecule has 2 atom stereocenters. The van der Waals surface area contributed by atoms with E-state index < -0.39 is 0 Å². The van der Waals surface area contributed by atoms with E-state index in [1.807, 2.05) is 72.8 Å². The number of benzene rings is 4. The zero-order valence-electron chi connectivity index (χ0n) is 17.4. The van der Waals surface area contributed by atoms with Crippen LogP contribution in [0.1, 0.15) is 6.42 Å². The van der Waals surface area contributed by atoms with Gasteiger partial charge < -0.3 is 18.9 Å². The Morgan fingerprint density at radius 2 is 1.28 bits per heavy atom. The van der Waals surface area contributed by atoms with Gasteiger partial charge in [0.15, 0.2) is 0 Å². The first kappa shape index (κ1) is 19.2. The molecule has 2 aliphatic heterocycles. The second kappa shape index (κ2) is 8.22. The van der Waals surface area contributed by atoms with Crippen molar-refractivity contribution in [2.24, 2.45) is 10.2 Å². The minimum absolute atomic E-state index is 0.112. The number of rotatable bonds is 7. The molecule has 2 saturated heterocycles. The van der Waals surface area contributed by atoms with E-state index in [1.54, 1.807) is 0 Å². The molecule has 0 N–H and O–H groups in total. The van der Waals surface area contributed by atoms with Crippen LogP contribution in [0.15, 0.2) is 83.0 Å². The molecule has 0 aliphatic carbocycles. The van der Waals surface area contributed by atoms with Crippen LogP contribution in [0.3, 0.4) is 0 Å². The van der Waals surface area contributed by atoms with Crippen LogP contribution >= 0.6 is 0 Å². The van der Waals surface area contributed by atoms with Gasteiger partial charge in [-0.15, -0.1) is 0 Å². The molecule has 32 heavy (non-hydrogen) atoms. The smallest absolute Gasteiger partial charge is 0.202 e. The Bertz CT molecular complexity index is 1310. The van der Waals surface area contributed by atoms with E-state index >= 15 is 0 Å². The number of hydrogen-bond acceptors (Lipinski definition) is 6. The molecule has 0 aromatic heterocycles. The van der Waals surface area contributed by atoms with Gasteiger partial charge in [-0.25, -0.2) is 0 Å². The Morgan fingerprint density at radius 1 is 0.719 bits per heavy atom. The second-order valence-electron chi connectivity index (χ2n) is 8.06. The number of nitrogens with zero attached hydrogens (tertiary/aromatic N) is 2. The molecular formula is C26H22N2O4. The average molecular weight is 426 g/mol. The van der Waals surface area contributed by atoms with Crippen LogP contribution in [0.25, 0.3) is 21.5 Å². The molecule has 0 radical (unpaired) electrons. The van der Waals surface area contributed by atoms with Gasteiger partial charge in [0.05, 0.1) is 24.6 Å². The van der Waals surface area contributed by atoms with Crippen LogP contribution < -0.4 is 9.47 Å². The van der Waals surface area contributed by atoms with Crippen LogP contribution in [-0.2, 0) is 9.47 Å². The van der Waals surface area contributed by atoms with E-state index in [0.29, 0.717) is 6.61 Å². The van der Waals surface area contributed by atoms with E-state index in [9.17, 15) is 0 Å². The van der Waals surface area contributed by atoms with Crippen molar-refractivity contribution in [2.45, 2.75) is 18.8 Å². The minimum atomic E-state index is -0.112. The first-order valence-electron chi connectivity index (χ1n) is 10.8. The van der Waals surface area contributed by atoms with Crippen LogP contribution in [0.5, 0.6) is 11.5 Å². The Balaban J connectivity index is 1.17. The molecular weight excluding hydrogens is 404 g/mol. The molecule has 6 rings (SSSR count). The monoisotopic (exact) mass is 426 g/mol. The highest BCUT2D eigenvalue weighted by Gasteiger charge is 2.23. The van der Waals surface area contributed by atoms with Crippen molar-refractivity contribution in [3.05, 3.63) is 72.8 Å².